The molecule has 0 unspecified atom stereocenters. The van der Waals surface area contributed by atoms with Crippen molar-refractivity contribution in [3.63, 3.8) is 0 Å². The van der Waals surface area contributed by atoms with Crippen molar-refractivity contribution in [3.05, 3.63) is 160 Å². The maximum absolute atomic E-state index is 9.66. The van der Waals surface area contributed by atoms with Gasteiger partial charge in [0, 0.05) is 41.2 Å². The maximum Gasteiger partial charge on any atom is 0.252 e. The predicted octanol–water partition coefficient (Wildman–Crippen LogP) is 4.81. The second kappa shape index (κ2) is 10.9. The number of benzene rings is 7. The molecule has 0 fully saturated rings. The first-order valence-corrected chi connectivity index (χ1v) is 19.9. The normalized spacial score (nSPS) is 15.6. The molecule has 0 amide bonds. The summed E-state index contributed by atoms with van der Waals surface area (Å²) >= 11 is 0. The number of hydrogen-bond acceptors (Lipinski definition) is 4. The van der Waals surface area contributed by atoms with Crippen LogP contribution in [0.4, 0.5) is 34.1 Å². The zero-order chi connectivity index (χ0) is 37.5. The SMILES string of the molecule is C.CN=C1c2cc(C)ccc2B2c3cc4c5c6c3N(c3ccc(C)cc3B6c3cc(C)ccc3N5c3cccc5c3B4c3ccc(C)cc3C5=N)c3cccc1c32. The summed E-state index contributed by atoms with van der Waals surface area (Å²) in [4.78, 5) is 10.2. The van der Waals surface area contributed by atoms with Gasteiger partial charge in [0.25, 0.3) is 6.71 Å². The molecule has 6 aliphatic rings. The molecule has 7 aromatic rings. The highest BCUT2D eigenvalue weighted by atomic mass is 15.2. The van der Waals surface area contributed by atoms with Crippen molar-refractivity contribution in [2.45, 2.75) is 35.1 Å². The molecule has 6 heterocycles. The first kappa shape index (κ1) is 32.9. The molecule has 4 nitrogen and oxygen atoms in total. The van der Waals surface area contributed by atoms with Gasteiger partial charge in [-0.05, 0) is 112 Å². The fourth-order valence-electron chi connectivity index (χ4n) is 11.7. The highest BCUT2D eigenvalue weighted by Gasteiger charge is 2.54. The quantitative estimate of drug-likeness (QED) is 0.228. The number of aryl methyl sites for hydroxylation is 4. The second-order valence-corrected chi connectivity index (χ2v) is 16.9. The molecule has 1 N–H and O–H groups in total. The van der Waals surface area contributed by atoms with Crippen molar-refractivity contribution in [1.29, 1.82) is 5.41 Å². The first-order valence-electron chi connectivity index (χ1n) is 19.9. The standard InChI is InChI=1S/C49H35B3N4.CH4/c1-25-12-16-33-31(20-25)46(53)29-8-6-10-41-43(29)50(33)37-24-38-49-45-48(37)55(41)39-18-14-27(3)22-35(39)52(45)36-23-28(4)15-19-40(36)56(49)42-11-7-9-30-44(42)51(38)34-17-13-26(2)21-32(34)47(30)54-5;/h6-24,53H,1-5H3;1H4. The zero-order valence-corrected chi connectivity index (χ0v) is 32.0. The summed E-state index contributed by atoms with van der Waals surface area (Å²) in [6.07, 6.45) is 0. The van der Waals surface area contributed by atoms with Gasteiger partial charge in [-0.3, -0.25) is 10.4 Å². The van der Waals surface area contributed by atoms with Gasteiger partial charge in [0.05, 0.1) is 11.4 Å². The zero-order valence-electron chi connectivity index (χ0n) is 32.0. The van der Waals surface area contributed by atoms with Gasteiger partial charge in [-0.15, -0.1) is 0 Å². The van der Waals surface area contributed by atoms with Gasteiger partial charge < -0.3 is 9.80 Å². The fraction of sp³-hybridized carbons (Fsp3) is 0.120. The van der Waals surface area contributed by atoms with E-state index in [2.05, 4.69) is 153 Å². The number of hydrogen-bond donors (Lipinski definition) is 1. The van der Waals surface area contributed by atoms with E-state index in [0.717, 1.165) is 16.8 Å². The minimum absolute atomic E-state index is 0. The minimum atomic E-state index is -0.0100. The molecular formula is C50H39B3N4. The first-order chi connectivity index (χ1) is 27.3. The van der Waals surface area contributed by atoms with E-state index in [4.69, 9.17) is 4.99 Å². The number of fused-ring (bicyclic) bond motifs is 14. The van der Waals surface area contributed by atoms with E-state index < -0.39 is 0 Å². The molecule has 0 spiro atoms. The van der Waals surface area contributed by atoms with Gasteiger partial charge >= 0.3 is 0 Å². The van der Waals surface area contributed by atoms with Crippen LogP contribution in [0.25, 0.3) is 0 Å². The third kappa shape index (κ3) is 3.83. The van der Waals surface area contributed by atoms with E-state index in [1.165, 1.54) is 117 Å². The van der Waals surface area contributed by atoms with Crippen LogP contribution in [0.3, 0.4) is 0 Å². The van der Waals surface area contributed by atoms with Crippen LogP contribution in [0.15, 0.2) is 120 Å². The summed E-state index contributed by atoms with van der Waals surface area (Å²) in [6.45, 7) is 8.89. The lowest BCUT2D eigenvalue weighted by Crippen LogP contribution is -2.73. The van der Waals surface area contributed by atoms with Crippen LogP contribution in [-0.2, 0) is 0 Å². The summed E-state index contributed by atoms with van der Waals surface area (Å²) in [5.74, 6) is 0. The van der Waals surface area contributed by atoms with Crippen LogP contribution in [0.5, 0.6) is 0 Å². The summed E-state index contributed by atoms with van der Waals surface area (Å²) in [5.41, 5.74) is 30.8. The van der Waals surface area contributed by atoms with Crippen molar-refractivity contribution in [2.24, 2.45) is 4.99 Å². The van der Waals surface area contributed by atoms with E-state index in [9.17, 15) is 5.41 Å². The summed E-state index contributed by atoms with van der Waals surface area (Å²) in [7, 11) is 1.95. The van der Waals surface area contributed by atoms with Crippen LogP contribution in [0.2, 0.25) is 0 Å². The van der Waals surface area contributed by atoms with E-state index in [1.54, 1.807) is 0 Å². The smallest absolute Gasteiger partial charge is 0.252 e. The van der Waals surface area contributed by atoms with Gasteiger partial charge in [0.15, 0.2) is 0 Å². The van der Waals surface area contributed by atoms with Crippen LogP contribution in [0, 0.1) is 33.1 Å². The van der Waals surface area contributed by atoms with Crippen LogP contribution >= 0.6 is 0 Å². The Labute approximate surface area is 335 Å². The molecule has 7 heteroatoms. The van der Waals surface area contributed by atoms with E-state index >= 15 is 0 Å². The van der Waals surface area contributed by atoms with Gasteiger partial charge in [0.2, 0.25) is 13.4 Å². The molecule has 0 radical (unpaired) electrons. The van der Waals surface area contributed by atoms with Crippen molar-refractivity contribution in [3.8, 4) is 0 Å². The third-order valence-electron chi connectivity index (χ3n) is 13.7. The molecule has 0 aliphatic carbocycles. The second-order valence-electron chi connectivity index (χ2n) is 16.9. The highest BCUT2D eigenvalue weighted by Crippen LogP contribution is 2.46. The number of nitrogens with one attached hydrogen (secondary N) is 1. The molecule has 0 atom stereocenters. The van der Waals surface area contributed by atoms with Gasteiger partial charge in [-0.2, -0.15) is 0 Å². The Morgan fingerprint density at radius 2 is 0.912 bits per heavy atom. The topological polar surface area (TPSA) is 42.7 Å². The summed E-state index contributed by atoms with van der Waals surface area (Å²) < 4.78 is 0. The number of anilines is 6. The average Bonchev–Trinajstić information content (AvgIpc) is 3.20. The van der Waals surface area contributed by atoms with Gasteiger partial charge in [-0.1, -0.05) is 132 Å². The Hall–Kier alpha value is -6.33. The van der Waals surface area contributed by atoms with Crippen molar-refractivity contribution in [1.82, 2.24) is 0 Å². The van der Waals surface area contributed by atoms with Crippen molar-refractivity contribution < 1.29 is 0 Å². The molecule has 13 rings (SSSR count). The van der Waals surface area contributed by atoms with E-state index in [-0.39, 0.29) is 27.6 Å². The lowest BCUT2D eigenvalue weighted by Gasteiger charge is -2.52. The summed E-state index contributed by atoms with van der Waals surface area (Å²) in [6, 6.07) is 44.2. The third-order valence-corrected chi connectivity index (χ3v) is 13.7. The molecule has 268 valence electrons. The van der Waals surface area contributed by atoms with E-state index in [1.807, 2.05) is 7.05 Å². The predicted molar refractivity (Wildman–Crippen MR) is 246 cm³/mol. The van der Waals surface area contributed by atoms with Crippen molar-refractivity contribution in [2.75, 3.05) is 16.8 Å². The molecule has 6 aliphatic heterocycles. The Balaban J connectivity index is 0.00000356. The Morgan fingerprint density at radius 1 is 0.439 bits per heavy atom. The Morgan fingerprint density at radius 3 is 1.49 bits per heavy atom. The molecular weight excluding hydrogens is 689 g/mol. The molecule has 7 aromatic carbocycles. The molecule has 0 saturated carbocycles. The Kier molecular flexibility index (Phi) is 6.31. The van der Waals surface area contributed by atoms with E-state index in [0.29, 0.717) is 5.71 Å². The van der Waals surface area contributed by atoms with Gasteiger partial charge in [-0.25, -0.2) is 0 Å². The average molecular weight is 728 g/mol. The van der Waals surface area contributed by atoms with Crippen LogP contribution in [0.1, 0.15) is 51.9 Å². The number of nitrogens with zero attached hydrogens (tertiary/aromatic N) is 3. The number of aliphatic imine (C=N–C) groups is 1. The fourth-order valence-corrected chi connectivity index (χ4v) is 11.7. The molecule has 57 heavy (non-hydrogen) atoms. The molecule has 0 aromatic heterocycles. The van der Waals surface area contributed by atoms with Crippen LogP contribution < -0.4 is 59.0 Å². The van der Waals surface area contributed by atoms with Gasteiger partial charge in [0.1, 0.15) is 0 Å². The number of rotatable bonds is 0. The Bertz CT molecular complexity index is 3110. The minimum Gasteiger partial charge on any atom is -0.312 e. The largest absolute Gasteiger partial charge is 0.312 e. The lowest BCUT2D eigenvalue weighted by molar-refractivity contribution is 1.25. The van der Waals surface area contributed by atoms with Crippen LogP contribution in [-0.4, -0.2) is 38.6 Å². The molecule has 0 saturated heterocycles. The molecule has 0 bridgehead atoms. The lowest BCUT2D eigenvalue weighted by atomic mass is 9.25. The van der Waals surface area contributed by atoms with Crippen molar-refractivity contribution >= 4 is 115 Å². The maximum atomic E-state index is 9.66. The monoisotopic (exact) mass is 728 g/mol. The summed E-state index contributed by atoms with van der Waals surface area (Å²) in [5, 5.41) is 9.66. The highest BCUT2D eigenvalue weighted by molar-refractivity contribution is 7.07.